The average Bonchev–Trinajstić information content (AvgIpc) is 4.00. The number of benzene rings is 5. The number of unbranched alkanes of at least 4 members (excludes halogenated alkanes) is 5. The van der Waals surface area contributed by atoms with E-state index in [1.165, 1.54) is 168 Å². The lowest BCUT2D eigenvalue weighted by Crippen LogP contribution is -2.60. The van der Waals surface area contributed by atoms with Gasteiger partial charge in [0.1, 0.15) is 5.75 Å². The Morgan fingerprint density at radius 2 is 0.821 bits per heavy atom. The summed E-state index contributed by atoms with van der Waals surface area (Å²) in [5.41, 5.74) is 18.6. The topological polar surface area (TPSA) is 9.23 Å². The Kier molecular flexibility index (Phi) is 10.8. The number of ether oxygens (including phenoxy) is 1. The number of fused-ring (bicyclic) bond motifs is 6. The molecule has 3 heteroatoms. The van der Waals surface area contributed by atoms with Gasteiger partial charge in [0.25, 0.3) is 0 Å². The van der Waals surface area contributed by atoms with Crippen molar-refractivity contribution in [2.24, 2.45) is 21.7 Å². The summed E-state index contributed by atoms with van der Waals surface area (Å²) < 4.78 is 7.38. The van der Waals surface area contributed by atoms with E-state index in [0.717, 1.165) is 18.8 Å². The van der Waals surface area contributed by atoms with Crippen LogP contribution in [0.1, 0.15) is 172 Å². The van der Waals surface area contributed by atoms with Gasteiger partial charge in [0.05, 0.1) is 6.61 Å². The van der Waals surface area contributed by atoms with Gasteiger partial charge in [-0.15, -0.1) is 11.3 Å². The molecule has 4 bridgehead atoms. The van der Waals surface area contributed by atoms with E-state index in [9.17, 15) is 0 Å². The summed E-state index contributed by atoms with van der Waals surface area (Å²) in [7, 11) is 0. The molecule has 0 amide bonds. The second kappa shape index (κ2) is 16.3. The van der Waals surface area contributed by atoms with Gasteiger partial charge in [-0.25, -0.2) is 0 Å². The molecule has 346 valence electrons. The molecule has 4 fully saturated rings. The quantitative estimate of drug-likeness (QED) is 0.118. The fourth-order valence-corrected chi connectivity index (χ4v) is 18.5. The Labute approximate surface area is 414 Å². The first-order valence-electron chi connectivity index (χ1n) is 26.6. The Morgan fingerprint density at radius 1 is 0.433 bits per heavy atom. The largest absolute Gasteiger partial charge is 0.494 e. The highest BCUT2D eigenvalue weighted by atomic mass is 79.9. The van der Waals surface area contributed by atoms with Crippen molar-refractivity contribution >= 4 is 27.3 Å². The maximum Gasteiger partial charge on any atom is 0.119 e. The molecule has 0 aliphatic heterocycles. The summed E-state index contributed by atoms with van der Waals surface area (Å²) in [4.78, 5) is 2.68. The van der Waals surface area contributed by atoms with Gasteiger partial charge < -0.3 is 4.74 Å². The molecule has 0 atom stereocenters. The van der Waals surface area contributed by atoms with Crippen LogP contribution in [0.3, 0.4) is 0 Å². The van der Waals surface area contributed by atoms with Crippen molar-refractivity contribution in [3.8, 4) is 60.0 Å². The van der Waals surface area contributed by atoms with Gasteiger partial charge in [-0.1, -0.05) is 151 Å². The lowest BCUT2D eigenvalue weighted by Gasteiger charge is -2.65. The van der Waals surface area contributed by atoms with Crippen molar-refractivity contribution in [3.63, 3.8) is 0 Å². The smallest absolute Gasteiger partial charge is 0.119 e. The van der Waals surface area contributed by atoms with Crippen LogP contribution in [0.2, 0.25) is 0 Å². The summed E-state index contributed by atoms with van der Waals surface area (Å²) in [5.74, 6) is 0.982. The minimum atomic E-state index is -0.0412. The minimum absolute atomic E-state index is 0.0133. The molecule has 5 aromatic carbocycles. The molecule has 6 aliphatic carbocycles. The molecule has 4 saturated carbocycles. The zero-order valence-corrected chi connectivity index (χ0v) is 43.4. The average molecular weight is 968 g/mol. The molecule has 0 saturated heterocycles. The van der Waals surface area contributed by atoms with Gasteiger partial charge >= 0.3 is 0 Å². The van der Waals surface area contributed by atoms with Crippen molar-refractivity contribution in [3.05, 3.63) is 136 Å². The van der Waals surface area contributed by atoms with Crippen LogP contribution in [0, 0.1) is 21.7 Å². The van der Waals surface area contributed by atoms with Crippen LogP contribution in [0.5, 0.6) is 5.75 Å². The van der Waals surface area contributed by atoms with Crippen LogP contribution in [0.4, 0.5) is 0 Å². The van der Waals surface area contributed by atoms with Gasteiger partial charge in [-0.2, -0.15) is 0 Å². The van der Waals surface area contributed by atoms with E-state index in [4.69, 9.17) is 4.74 Å². The van der Waals surface area contributed by atoms with Crippen LogP contribution in [-0.4, -0.2) is 6.61 Å². The monoisotopic (exact) mass is 966 g/mol. The maximum atomic E-state index is 6.16. The lowest BCUT2D eigenvalue weighted by atomic mass is 9.38. The predicted molar refractivity (Wildman–Crippen MR) is 287 cm³/mol. The van der Waals surface area contributed by atoms with Crippen LogP contribution in [0.25, 0.3) is 54.3 Å². The summed E-state index contributed by atoms with van der Waals surface area (Å²) in [6.07, 6.45) is 23.5. The lowest BCUT2D eigenvalue weighted by molar-refractivity contribution is -0.0630. The fourth-order valence-electron chi connectivity index (χ4n) is 17.1. The summed E-state index contributed by atoms with van der Waals surface area (Å²) in [6.45, 7) is 13.8. The van der Waals surface area contributed by atoms with Crippen LogP contribution in [-0.2, 0) is 10.8 Å². The zero-order chi connectivity index (χ0) is 45.8. The van der Waals surface area contributed by atoms with Gasteiger partial charge in [-0.3, -0.25) is 0 Å². The number of hydrogen-bond acceptors (Lipinski definition) is 2. The molecular formula is C64H71BrOS. The number of hydrogen-bond donors (Lipinski definition) is 0. The first kappa shape index (κ1) is 44.3. The third kappa shape index (κ3) is 6.33. The van der Waals surface area contributed by atoms with Gasteiger partial charge in [0.2, 0.25) is 0 Å². The molecule has 12 rings (SSSR count). The van der Waals surface area contributed by atoms with Crippen molar-refractivity contribution in [2.45, 2.75) is 161 Å². The summed E-state index contributed by atoms with van der Waals surface area (Å²) >= 11 is 5.91. The van der Waals surface area contributed by atoms with Gasteiger partial charge in [-0.05, 0) is 213 Å². The van der Waals surface area contributed by atoms with Gasteiger partial charge in [0, 0.05) is 25.1 Å². The second-order valence-electron chi connectivity index (χ2n) is 23.4. The Morgan fingerprint density at radius 3 is 1.31 bits per heavy atom. The standard InChI is InChI=1S/C64H71BrOS/c1-6-7-8-9-10-11-38-66-48-22-16-43(17-23-48)57-28-29-58(67-57)46-20-26-51-49-24-18-44(39-53(49)63(55(51)41-46)59(2)30-12-32-60(63,3)33-13-31-59)45-19-25-50-52-27-21-47(65)42-56(52)64(54(50)40-45)61(4)34-14-36-62(64,5)37-15-35-61/h16-29,39-42H,6-15,30-38H2,1-5H3. The molecule has 6 aromatic rings. The first-order valence-corrected chi connectivity index (χ1v) is 28.2. The molecular weight excluding hydrogens is 897 g/mol. The molecule has 0 radical (unpaired) electrons. The van der Waals surface area contributed by atoms with Crippen molar-refractivity contribution in [1.29, 1.82) is 0 Å². The fraction of sp³-hybridized carbons (Fsp3) is 0.469. The van der Waals surface area contributed by atoms with Crippen LogP contribution < -0.4 is 4.74 Å². The number of thiophene rings is 1. The molecule has 1 aromatic heterocycles. The predicted octanol–water partition coefficient (Wildman–Crippen LogP) is 19.5. The number of halogens is 1. The summed E-state index contributed by atoms with van der Waals surface area (Å²) in [5, 5.41) is 0. The SMILES string of the molecule is CCCCCCCCOc1ccc(-c2ccc(-c3ccc4c(c3)C3(c5cc(-c6ccc7c(c6)C6(c8cc(Br)ccc8-7)C7(C)CCCC6(C)CCC7)ccc5-4)C4(C)CCCC3(C)CCC4)s2)cc1. The van der Waals surface area contributed by atoms with E-state index in [1.807, 2.05) is 11.3 Å². The molecule has 0 unspecified atom stereocenters. The first-order chi connectivity index (χ1) is 32.5. The van der Waals surface area contributed by atoms with E-state index in [1.54, 1.807) is 22.3 Å². The molecule has 2 spiro atoms. The normalized spacial score (nSPS) is 29.7. The zero-order valence-electron chi connectivity index (χ0n) is 41.0. The molecule has 67 heavy (non-hydrogen) atoms. The van der Waals surface area contributed by atoms with E-state index in [-0.39, 0.29) is 32.5 Å². The Balaban J connectivity index is 0.923. The maximum absolute atomic E-state index is 6.16. The van der Waals surface area contributed by atoms with E-state index in [2.05, 4.69) is 160 Å². The second-order valence-corrected chi connectivity index (χ2v) is 25.4. The van der Waals surface area contributed by atoms with Crippen LogP contribution in [0.15, 0.2) is 114 Å². The molecule has 0 N–H and O–H groups in total. The van der Waals surface area contributed by atoms with Crippen LogP contribution >= 0.6 is 27.3 Å². The van der Waals surface area contributed by atoms with E-state index in [0.29, 0.717) is 0 Å². The van der Waals surface area contributed by atoms with E-state index < -0.39 is 0 Å². The Hall–Kier alpha value is -3.92. The highest BCUT2D eigenvalue weighted by Gasteiger charge is 2.68. The van der Waals surface area contributed by atoms with Crippen molar-refractivity contribution < 1.29 is 4.74 Å². The Bertz CT molecular complexity index is 2820. The van der Waals surface area contributed by atoms with Crippen molar-refractivity contribution in [2.75, 3.05) is 6.61 Å². The number of rotatable bonds is 11. The molecule has 6 aliphatic rings. The highest BCUT2D eigenvalue weighted by molar-refractivity contribution is 9.10. The summed E-state index contributed by atoms with van der Waals surface area (Å²) in [6, 6.07) is 43.9. The molecule has 1 heterocycles. The third-order valence-electron chi connectivity index (χ3n) is 19.8. The highest BCUT2D eigenvalue weighted by Crippen LogP contribution is 2.76. The van der Waals surface area contributed by atoms with E-state index >= 15 is 0 Å². The third-order valence-corrected chi connectivity index (χ3v) is 21.5. The van der Waals surface area contributed by atoms with Gasteiger partial charge in [0.15, 0.2) is 0 Å². The van der Waals surface area contributed by atoms with Crippen molar-refractivity contribution in [1.82, 2.24) is 0 Å². The molecule has 1 nitrogen and oxygen atoms in total. The minimum Gasteiger partial charge on any atom is -0.494 e.